The first kappa shape index (κ1) is 10.6. The molecule has 0 bridgehead atoms. The lowest BCUT2D eigenvalue weighted by molar-refractivity contribution is 0.528. The van der Waals surface area contributed by atoms with Crippen LogP contribution in [-0.4, -0.2) is 11.2 Å². The van der Waals surface area contributed by atoms with Gasteiger partial charge in [0.05, 0.1) is 12.1 Å². The highest BCUT2D eigenvalue weighted by Gasteiger charge is 2.04. The van der Waals surface area contributed by atoms with Crippen molar-refractivity contribution in [3.63, 3.8) is 0 Å². The molecule has 0 atom stereocenters. The fourth-order valence-corrected chi connectivity index (χ4v) is 1.79. The molecule has 1 aromatic heterocycles. The largest absolute Gasteiger partial charge is 0.439 e. The SMILES string of the molecule is CSc1ccc(-c2cnc(CCl)o2)cc1. The van der Waals surface area contributed by atoms with Crippen LogP contribution in [0.4, 0.5) is 0 Å². The van der Waals surface area contributed by atoms with Crippen LogP contribution < -0.4 is 0 Å². The summed E-state index contributed by atoms with van der Waals surface area (Å²) >= 11 is 7.33. The number of thioether (sulfide) groups is 1. The lowest BCUT2D eigenvalue weighted by Crippen LogP contribution is -1.74. The van der Waals surface area contributed by atoms with E-state index in [1.807, 2.05) is 12.1 Å². The van der Waals surface area contributed by atoms with Gasteiger partial charge in [-0.25, -0.2) is 4.98 Å². The molecule has 78 valence electrons. The highest BCUT2D eigenvalue weighted by molar-refractivity contribution is 7.98. The minimum Gasteiger partial charge on any atom is -0.439 e. The molecule has 0 radical (unpaired) electrons. The van der Waals surface area contributed by atoms with Gasteiger partial charge in [-0.15, -0.1) is 23.4 Å². The highest BCUT2D eigenvalue weighted by atomic mass is 35.5. The summed E-state index contributed by atoms with van der Waals surface area (Å²) in [7, 11) is 0. The molecule has 0 aliphatic carbocycles. The number of alkyl halides is 1. The number of aromatic nitrogens is 1. The fraction of sp³-hybridized carbons (Fsp3) is 0.182. The van der Waals surface area contributed by atoms with Gasteiger partial charge in [0, 0.05) is 10.5 Å². The molecule has 0 saturated carbocycles. The third-order valence-electron chi connectivity index (χ3n) is 2.04. The highest BCUT2D eigenvalue weighted by Crippen LogP contribution is 2.23. The smallest absolute Gasteiger partial charge is 0.209 e. The van der Waals surface area contributed by atoms with Gasteiger partial charge in [-0.05, 0) is 18.4 Å². The van der Waals surface area contributed by atoms with E-state index in [0.29, 0.717) is 11.8 Å². The summed E-state index contributed by atoms with van der Waals surface area (Å²) in [5.41, 5.74) is 1.02. The van der Waals surface area contributed by atoms with Crippen LogP contribution in [0.25, 0.3) is 11.3 Å². The predicted molar refractivity (Wildman–Crippen MR) is 63.3 cm³/mol. The van der Waals surface area contributed by atoms with Gasteiger partial charge in [-0.3, -0.25) is 0 Å². The van der Waals surface area contributed by atoms with Crippen LogP contribution in [0.2, 0.25) is 0 Å². The second-order valence-electron chi connectivity index (χ2n) is 2.98. The van der Waals surface area contributed by atoms with Crippen LogP contribution in [-0.2, 0) is 5.88 Å². The summed E-state index contributed by atoms with van der Waals surface area (Å²) in [6, 6.07) is 8.15. The molecular formula is C11H10ClNOS. The molecule has 0 saturated heterocycles. The quantitative estimate of drug-likeness (QED) is 0.602. The molecule has 0 N–H and O–H groups in total. The first-order chi connectivity index (χ1) is 7.33. The number of benzene rings is 1. The molecule has 0 fully saturated rings. The van der Waals surface area contributed by atoms with E-state index < -0.39 is 0 Å². The Morgan fingerprint density at radius 3 is 2.60 bits per heavy atom. The molecule has 2 aromatic rings. The van der Waals surface area contributed by atoms with Gasteiger partial charge in [0.1, 0.15) is 0 Å². The molecule has 4 heteroatoms. The Hall–Kier alpha value is -0.930. The van der Waals surface area contributed by atoms with Crippen molar-refractivity contribution in [1.82, 2.24) is 4.98 Å². The van der Waals surface area contributed by atoms with Crippen molar-refractivity contribution in [3.8, 4) is 11.3 Å². The van der Waals surface area contributed by atoms with E-state index in [9.17, 15) is 0 Å². The van der Waals surface area contributed by atoms with Gasteiger partial charge >= 0.3 is 0 Å². The van der Waals surface area contributed by atoms with Gasteiger partial charge in [-0.1, -0.05) is 12.1 Å². The molecule has 1 heterocycles. The molecule has 0 spiro atoms. The number of oxazole rings is 1. The zero-order valence-corrected chi connectivity index (χ0v) is 9.81. The molecule has 2 rings (SSSR count). The first-order valence-electron chi connectivity index (χ1n) is 4.48. The number of halogens is 1. The number of hydrogen-bond donors (Lipinski definition) is 0. The monoisotopic (exact) mass is 239 g/mol. The topological polar surface area (TPSA) is 26.0 Å². The standard InChI is InChI=1S/C11H10ClNOS/c1-15-9-4-2-8(3-5-9)10-7-13-11(6-12)14-10/h2-5,7H,6H2,1H3. The molecule has 15 heavy (non-hydrogen) atoms. The summed E-state index contributed by atoms with van der Waals surface area (Å²) in [4.78, 5) is 5.28. The van der Waals surface area contributed by atoms with Crippen LogP contribution in [0.15, 0.2) is 39.8 Å². The lowest BCUT2D eigenvalue weighted by atomic mass is 10.2. The summed E-state index contributed by atoms with van der Waals surface area (Å²) in [5, 5.41) is 0. The van der Waals surface area contributed by atoms with E-state index in [1.165, 1.54) is 4.90 Å². The Kier molecular flexibility index (Phi) is 3.34. The second kappa shape index (κ2) is 4.73. The van der Waals surface area contributed by atoms with Crippen LogP contribution in [0.1, 0.15) is 5.89 Å². The van der Waals surface area contributed by atoms with Crippen LogP contribution in [0, 0.1) is 0 Å². The Labute approximate surface area is 97.7 Å². The average Bonchev–Trinajstić information content (AvgIpc) is 2.78. The summed E-state index contributed by atoms with van der Waals surface area (Å²) in [6.45, 7) is 0. The third-order valence-corrected chi connectivity index (χ3v) is 3.01. The van der Waals surface area contributed by atoms with Crippen molar-refractivity contribution in [2.45, 2.75) is 10.8 Å². The second-order valence-corrected chi connectivity index (χ2v) is 4.13. The van der Waals surface area contributed by atoms with Crippen LogP contribution in [0.5, 0.6) is 0 Å². The Morgan fingerprint density at radius 2 is 2.07 bits per heavy atom. The maximum atomic E-state index is 5.62. The molecule has 0 aliphatic heterocycles. The van der Waals surface area contributed by atoms with Crippen molar-refractivity contribution in [3.05, 3.63) is 36.4 Å². The van der Waals surface area contributed by atoms with Crippen molar-refractivity contribution < 1.29 is 4.42 Å². The molecule has 0 aliphatic rings. The molecule has 1 aromatic carbocycles. The summed E-state index contributed by atoms with van der Waals surface area (Å²) in [6.07, 6.45) is 3.75. The van der Waals surface area contributed by atoms with Crippen molar-refractivity contribution in [2.24, 2.45) is 0 Å². The van der Waals surface area contributed by atoms with Gasteiger partial charge < -0.3 is 4.42 Å². The molecule has 2 nitrogen and oxygen atoms in total. The maximum Gasteiger partial charge on any atom is 0.209 e. The van der Waals surface area contributed by atoms with E-state index in [1.54, 1.807) is 18.0 Å². The molecular weight excluding hydrogens is 230 g/mol. The number of nitrogens with zero attached hydrogens (tertiary/aromatic N) is 1. The van der Waals surface area contributed by atoms with Crippen LogP contribution >= 0.6 is 23.4 Å². The van der Waals surface area contributed by atoms with Gasteiger partial charge in [0.15, 0.2) is 5.76 Å². The number of rotatable bonds is 3. The Bertz CT molecular complexity index is 438. The van der Waals surface area contributed by atoms with Crippen molar-refractivity contribution >= 4 is 23.4 Å². The minimum atomic E-state index is 0.308. The third kappa shape index (κ3) is 2.36. The van der Waals surface area contributed by atoms with E-state index >= 15 is 0 Å². The molecule has 0 amide bonds. The van der Waals surface area contributed by atoms with E-state index in [2.05, 4.69) is 23.4 Å². The normalized spacial score (nSPS) is 10.5. The Morgan fingerprint density at radius 1 is 1.33 bits per heavy atom. The average molecular weight is 240 g/mol. The van der Waals surface area contributed by atoms with Crippen LogP contribution in [0.3, 0.4) is 0 Å². The van der Waals surface area contributed by atoms with Crippen molar-refractivity contribution in [1.29, 1.82) is 0 Å². The van der Waals surface area contributed by atoms with Crippen molar-refractivity contribution in [2.75, 3.05) is 6.26 Å². The van der Waals surface area contributed by atoms with Gasteiger partial charge in [-0.2, -0.15) is 0 Å². The van der Waals surface area contributed by atoms with E-state index in [0.717, 1.165) is 11.3 Å². The first-order valence-corrected chi connectivity index (χ1v) is 6.24. The zero-order chi connectivity index (χ0) is 10.7. The number of hydrogen-bond acceptors (Lipinski definition) is 3. The summed E-state index contributed by atoms with van der Waals surface area (Å²) < 4.78 is 5.44. The van der Waals surface area contributed by atoms with Gasteiger partial charge in [0.2, 0.25) is 5.89 Å². The van der Waals surface area contributed by atoms with Gasteiger partial charge in [0.25, 0.3) is 0 Å². The predicted octanol–water partition coefficient (Wildman–Crippen LogP) is 3.80. The Balaban J connectivity index is 2.28. The maximum absolute atomic E-state index is 5.62. The minimum absolute atomic E-state index is 0.308. The van der Waals surface area contributed by atoms with E-state index in [4.69, 9.17) is 16.0 Å². The fourth-order valence-electron chi connectivity index (χ4n) is 1.26. The lowest BCUT2D eigenvalue weighted by Gasteiger charge is -1.98. The zero-order valence-electron chi connectivity index (χ0n) is 8.24. The summed E-state index contributed by atoms with van der Waals surface area (Å²) in [5.74, 6) is 1.63. The van der Waals surface area contributed by atoms with E-state index in [-0.39, 0.29) is 0 Å². The molecule has 0 unspecified atom stereocenters.